The summed E-state index contributed by atoms with van der Waals surface area (Å²) in [6, 6.07) is 6.62. The fourth-order valence-corrected chi connectivity index (χ4v) is 3.73. The van der Waals surface area contributed by atoms with Gasteiger partial charge in [-0.15, -0.1) is 0 Å². The number of urea groups is 1. The average molecular weight is 320 g/mol. The van der Waals surface area contributed by atoms with Crippen molar-refractivity contribution >= 4 is 6.03 Å². The van der Waals surface area contributed by atoms with Gasteiger partial charge in [-0.05, 0) is 49.3 Å². The molecule has 0 spiro atoms. The van der Waals surface area contributed by atoms with Crippen molar-refractivity contribution in [3.63, 3.8) is 0 Å². The maximum atomic E-state index is 13.1. The van der Waals surface area contributed by atoms with Crippen LogP contribution in [0.25, 0.3) is 0 Å². The zero-order valence-corrected chi connectivity index (χ0v) is 13.4. The summed E-state index contributed by atoms with van der Waals surface area (Å²) in [4.78, 5) is 14.2. The van der Waals surface area contributed by atoms with Crippen LogP contribution in [0.4, 0.5) is 9.18 Å². The molecule has 2 N–H and O–H groups in total. The number of likely N-dealkylation sites (tertiary alicyclic amines) is 1. The topological polar surface area (TPSA) is 52.6 Å². The van der Waals surface area contributed by atoms with Crippen LogP contribution in [0.1, 0.15) is 37.7 Å². The molecule has 126 valence electrons. The summed E-state index contributed by atoms with van der Waals surface area (Å²) < 4.78 is 13.1. The fraction of sp³-hybridized carbons (Fsp3) is 0.611. The molecule has 1 aromatic carbocycles. The minimum atomic E-state index is -0.226. The van der Waals surface area contributed by atoms with Gasteiger partial charge in [0.2, 0.25) is 0 Å². The molecule has 1 aromatic rings. The molecule has 2 amide bonds. The van der Waals surface area contributed by atoms with Gasteiger partial charge in [0.1, 0.15) is 5.82 Å². The highest BCUT2D eigenvalue weighted by molar-refractivity contribution is 5.74. The number of carbonyl (C=O) groups is 1. The van der Waals surface area contributed by atoms with Crippen LogP contribution in [-0.2, 0) is 5.41 Å². The summed E-state index contributed by atoms with van der Waals surface area (Å²) in [7, 11) is 0. The van der Waals surface area contributed by atoms with Crippen LogP contribution in [0.3, 0.4) is 0 Å². The summed E-state index contributed by atoms with van der Waals surface area (Å²) in [5.74, 6) is -0.0279. The maximum absolute atomic E-state index is 13.1. The molecule has 2 aliphatic rings. The SMILES string of the molecule is O=C(NCC1(c2ccc(F)cc2)CCC1)N1CCCC(CO)C1. The van der Waals surface area contributed by atoms with Crippen LogP contribution in [-0.4, -0.2) is 42.3 Å². The lowest BCUT2D eigenvalue weighted by Crippen LogP contribution is -2.51. The predicted octanol–water partition coefficient (Wildman–Crippen LogP) is 2.66. The Morgan fingerprint density at radius 3 is 2.65 bits per heavy atom. The number of rotatable bonds is 4. The largest absolute Gasteiger partial charge is 0.396 e. The number of carbonyl (C=O) groups excluding carboxylic acids is 1. The second-order valence-electron chi connectivity index (χ2n) is 6.94. The lowest BCUT2D eigenvalue weighted by molar-refractivity contribution is 0.126. The van der Waals surface area contributed by atoms with Gasteiger partial charge in [-0.2, -0.15) is 0 Å². The molecule has 2 fully saturated rings. The molecule has 1 saturated heterocycles. The van der Waals surface area contributed by atoms with Gasteiger partial charge in [0.15, 0.2) is 0 Å². The number of hydrogen-bond acceptors (Lipinski definition) is 2. The number of benzene rings is 1. The molecule has 1 aliphatic heterocycles. The second-order valence-corrected chi connectivity index (χ2v) is 6.94. The van der Waals surface area contributed by atoms with Crippen LogP contribution in [0.2, 0.25) is 0 Å². The van der Waals surface area contributed by atoms with E-state index in [1.807, 2.05) is 12.1 Å². The molecule has 1 saturated carbocycles. The number of nitrogens with one attached hydrogen (secondary N) is 1. The van der Waals surface area contributed by atoms with Gasteiger partial charge in [-0.1, -0.05) is 18.6 Å². The third kappa shape index (κ3) is 3.50. The van der Waals surface area contributed by atoms with Gasteiger partial charge in [-0.25, -0.2) is 9.18 Å². The van der Waals surface area contributed by atoms with E-state index in [2.05, 4.69) is 5.32 Å². The van der Waals surface area contributed by atoms with Gasteiger partial charge in [0.05, 0.1) is 0 Å². The van der Waals surface area contributed by atoms with Gasteiger partial charge in [0.25, 0.3) is 0 Å². The fourth-order valence-electron chi connectivity index (χ4n) is 3.73. The first-order valence-electron chi connectivity index (χ1n) is 8.53. The zero-order valence-electron chi connectivity index (χ0n) is 13.4. The van der Waals surface area contributed by atoms with Gasteiger partial charge in [-0.3, -0.25) is 0 Å². The highest BCUT2D eigenvalue weighted by Gasteiger charge is 2.39. The summed E-state index contributed by atoms with van der Waals surface area (Å²) in [6.45, 7) is 2.12. The molecule has 23 heavy (non-hydrogen) atoms. The van der Waals surface area contributed by atoms with E-state index in [0.29, 0.717) is 13.1 Å². The van der Waals surface area contributed by atoms with Crippen molar-refractivity contribution < 1.29 is 14.3 Å². The normalized spacial score (nSPS) is 23.2. The first-order chi connectivity index (χ1) is 11.1. The highest BCUT2D eigenvalue weighted by Crippen LogP contribution is 2.43. The Morgan fingerprint density at radius 2 is 2.04 bits per heavy atom. The summed E-state index contributed by atoms with van der Waals surface area (Å²) >= 11 is 0. The molecule has 3 rings (SSSR count). The zero-order chi connectivity index (χ0) is 16.3. The van der Waals surface area contributed by atoms with Gasteiger partial charge >= 0.3 is 6.03 Å². The van der Waals surface area contributed by atoms with E-state index >= 15 is 0 Å². The Kier molecular flexibility index (Phi) is 4.85. The van der Waals surface area contributed by atoms with Gasteiger partial charge in [0, 0.05) is 31.7 Å². The number of hydrogen-bond donors (Lipinski definition) is 2. The molecule has 1 unspecified atom stereocenters. The highest BCUT2D eigenvalue weighted by atomic mass is 19.1. The van der Waals surface area contributed by atoms with Crippen molar-refractivity contribution in [3.8, 4) is 0 Å². The molecule has 5 heteroatoms. The van der Waals surface area contributed by atoms with Crippen molar-refractivity contribution in [1.82, 2.24) is 10.2 Å². The van der Waals surface area contributed by atoms with E-state index in [4.69, 9.17) is 0 Å². The predicted molar refractivity (Wildman–Crippen MR) is 86.7 cm³/mol. The van der Waals surface area contributed by atoms with Gasteiger partial charge < -0.3 is 15.3 Å². The van der Waals surface area contributed by atoms with E-state index in [-0.39, 0.29) is 29.8 Å². The van der Waals surface area contributed by atoms with E-state index in [1.54, 1.807) is 4.90 Å². The number of amides is 2. The van der Waals surface area contributed by atoms with Crippen molar-refractivity contribution in [2.24, 2.45) is 5.92 Å². The minimum absolute atomic E-state index is 0.0449. The average Bonchev–Trinajstić information content (AvgIpc) is 2.55. The number of aliphatic hydroxyl groups excluding tert-OH is 1. The number of nitrogens with zero attached hydrogens (tertiary/aromatic N) is 1. The first kappa shape index (κ1) is 16.2. The lowest BCUT2D eigenvalue weighted by Gasteiger charge is -2.43. The first-order valence-corrected chi connectivity index (χ1v) is 8.53. The number of halogens is 1. The smallest absolute Gasteiger partial charge is 0.317 e. The number of aliphatic hydroxyl groups is 1. The number of piperidine rings is 1. The summed E-state index contributed by atoms with van der Waals surface area (Å²) in [5, 5.41) is 12.3. The molecular weight excluding hydrogens is 295 g/mol. The van der Waals surface area contributed by atoms with E-state index in [1.165, 1.54) is 12.1 Å². The molecule has 0 bridgehead atoms. The van der Waals surface area contributed by atoms with Crippen LogP contribution < -0.4 is 5.32 Å². The molecule has 1 atom stereocenters. The quantitative estimate of drug-likeness (QED) is 0.896. The Hall–Kier alpha value is -1.62. The van der Waals surface area contributed by atoms with E-state index < -0.39 is 0 Å². The lowest BCUT2D eigenvalue weighted by atomic mass is 9.64. The van der Waals surface area contributed by atoms with Crippen LogP contribution in [0.5, 0.6) is 0 Å². The Morgan fingerprint density at radius 1 is 1.30 bits per heavy atom. The van der Waals surface area contributed by atoms with E-state index in [9.17, 15) is 14.3 Å². The standard InChI is InChI=1S/C18H25FN2O2/c19-16-6-4-15(5-7-16)18(8-2-9-18)13-20-17(23)21-10-1-3-14(11-21)12-22/h4-7,14,22H,1-3,8-13H2,(H,20,23). The third-order valence-corrected chi connectivity index (χ3v) is 5.41. The summed E-state index contributed by atoms with van der Waals surface area (Å²) in [6.07, 6.45) is 5.13. The van der Waals surface area contributed by atoms with Crippen molar-refractivity contribution in [2.45, 2.75) is 37.5 Å². The molecule has 1 heterocycles. The Bertz CT molecular complexity index is 542. The van der Waals surface area contributed by atoms with Crippen LogP contribution >= 0.6 is 0 Å². The Balaban J connectivity index is 1.59. The third-order valence-electron chi connectivity index (χ3n) is 5.41. The summed E-state index contributed by atoms with van der Waals surface area (Å²) in [5.41, 5.74) is 1.06. The van der Waals surface area contributed by atoms with Crippen molar-refractivity contribution in [1.29, 1.82) is 0 Å². The minimum Gasteiger partial charge on any atom is -0.396 e. The van der Waals surface area contributed by atoms with Crippen LogP contribution in [0.15, 0.2) is 24.3 Å². The molecule has 1 aliphatic carbocycles. The maximum Gasteiger partial charge on any atom is 0.317 e. The van der Waals surface area contributed by atoms with Crippen molar-refractivity contribution in [3.05, 3.63) is 35.6 Å². The molecule has 0 aromatic heterocycles. The van der Waals surface area contributed by atoms with Crippen LogP contribution in [0, 0.1) is 11.7 Å². The van der Waals surface area contributed by atoms with E-state index in [0.717, 1.165) is 44.2 Å². The molecule has 4 nitrogen and oxygen atoms in total. The Labute approximate surface area is 136 Å². The second kappa shape index (κ2) is 6.87. The molecular formula is C18H25FN2O2. The van der Waals surface area contributed by atoms with Crippen molar-refractivity contribution in [2.75, 3.05) is 26.2 Å². The monoisotopic (exact) mass is 320 g/mol. The molecule has 0 radical (unpaired) electrons.